The lowest BCUT2D eigenvalue weighted by Crippen LogP contribution is -2.37. The van der Waals surface area contributed by atoms with Crippen LogP contribution in [0.3, 0.4) is 0 Å². The molecule has 0 aliphatic rings. The molecule has 0 saturated heterocycles. The van der Waals surface area contributed by atoms with Crippen molar-refractivity contribution in [1.82, 2.24) is 5.32 Å². The van der Waals surface area contributed by atoms with Gasteiger partial charge >= 0.3 is 5.97 Å². The SMILES string of the molecule is Cc1ccc(C(C)C)c(OCC(=O)NC(=S)Nc2ccc(Cl)cc2C(=O)O)c1. The van der Waals surface area contributed by atoms with Gasteiger partial charge in [0.1, 0.15) is 5.75 Å². The molecule has 3 N–H and O–H groups in total. The van der Waals surface area contributed by atoms with Crippen molar-refractivity contribution < 1.29 is 19.4 Å². The van der Waals surface area contributed by atoms with Gasteiger partial charge in [-0.25, -0.2) is 4.79 Å². The van der Waals surface area contributed by atoms with Gasteiger partial charge in [-0.2, -0.15) is 0 Å². The van der Waals surface area contributed by atoms with Gasteiger partial charge in [-0.05, 0) is 60.5 Å². The van der Waals surface area contributed by atoms with Gasteiger partial charge in [-0.1, -0.05) is 37.6 Å². The van der Waals surface area contributed by atoms with Crippen LogP contribution in [0.2, 0.25) is 5.02 Å². The molecule has 0 spiro atoms. The van der Waals surface area contributed by atoms with Crippen molar-refractivity contribution in [2.45, 2.75) is 26.7 Å². The van der Waals surface area contributed by atoms with E-state index < -0.39 is 11.9 Å². The first-order valence-electron chi connectivity index (χ1n) is 8.54. The first kappa shape index (κ1) is 21.7. The fourth-order valence-electron chi connectivity index (χ4n) is 2.51. The normalized spacial score (nSPS) is 10.5. The van der Waals surface area contributed by atoms with E-state index in [-0.39, 0.29) is 33.9 Å². The zero-order valence-corrected chi connectivity index (χ0v) is 17.3. The van der Waals surface area contributed by atoms with Crippen molar-refractivity contribution in [2.75, 3.05) is 11.9 Å². The molecule has 0 fully saturated rings. The van der Waals surface area contributed by atoms with Crippen LogP contribution in [0.5, 0.6) is 5.75 Å². The number of carbonyl (C=O) groups excluding carboxylic acids is 1. The molecule has 0 aliphatic heterocycles. The molecule has 2 aromatic carbocycles. The number of amides is 1. The summed E-state index contributed by atoms with van der Waals surface area (Å²) < 4.78 is 5.66. The zero-order valence-electron chi connectivity index (χ0n) is 15.7. The van der Waals surface area contributed by atoms with Crippen molar-refractivity contribution in [3.8, 4) is 5.75 Å². The van der Waals surface area contributed by atoms with E-state index in [2.05, 4.69) is 10.6 Å². The number of aryl methyl sites for hydroxylation is 1. The Hall–Kier alpha value is -2.64. The van der Waals surface area contributed by atoms with Crippen molar-refractivity contribution in [3.63, 3.8) is 0 Å². The maximum Gasteiger partial charge on any atom is 0.337 e. The predicted octanol–water partition coefficient (Wildman–Crippen LogP) is 4.36. The highest BCUT2D eigenvalue weighted by molar-refractivity contribution is 7.80. The summed E-state index contributed by atoms with van der Waals surface area (Å²) in [4.78, 5) is 23.5. The van der Waals surface area contributed by atoms with Gasteiger partial charge < -0.3 is 15.2 Å². The minimum Gasteiger partial charge on any atom is -0.483 e. The summed E-state index contributed by atoms with van der Waals surface area (Å²) in [6.07, 6.45) is 0. The monoisotopic (exact) mass is 420 g/mol. The van der Waals surface area contributed by atoms with E-state index in [4.69, 9.17) is 28.6 Å². The van der Waals surface area contributed by atoms with Crippen LogP contribution in [0.25, 0.3) is 0 Å². The fourth-order valence-corrected chi connectivity index (χ4v) is 2.90. The molecule has 2 aromatic rings. The van der Waals surface area contributed by atoms with Crippen LogP contribution in [0.15, 0.2) is 36.4 Å². The second-order valence-corrected chi connectivity index (χ2v) is 7.33. The number of rotatable bonds is 6. The first-order chi connectivity index (χ1) is 13.2. The van der Waals surface area contributed by atoms with Crippen LogP contribution in [0.4, 0.5) is 5.69 Å². The summed E-state index contributed by atoms with van der Waals surface area (Å²) in [6, 6.07) is 10.1. The third kappa shape index (κ3) is 5.94. The van der Waals surface area contributed by atoms with Gasteiger partial charge in [-0.15, -0.1) is 0 Å². The number of ether oxygens (including phenoxy) is 1. The molecule has 0 bridgehead atoms. The summed E-state index contributed by atoms with van der Waals surface area (Å²) in [5.41, 5.74) is 2.21. The summed E-state index contributed by atoms with van der Waals surface area (Å²) in [6.45, 7) is 5.81. The lowest BCUT2D eigenvalue weighted by atomic mass is 10.0. The molecule has 0 aromatic heterocycles. The number of hydrogen-bond donors (Lipinski definition) is 3. The minimum atomic E-state index is -1.16. The second kappa shape index (κ2) is 9.52. The number of carboxylic acid groups (broad SMARTS) is 1. The first-order valence-corrected chi connectivity index (χ1v) is 9.33. The van der Waals surface area contributed by atoms with Crippen LogP contribution in [0.1, 0.15) is 41.3 Å². The van der Waals surface area contributed by atoms with E-state index in [9.17, 15) is 14.7 Å². The van der Waals surface area contributed by atoms with E-state index in [1.54, 1.807) is 0 Å². The third-order valence-electron chi connectivity index (χ3n) is 3.86. The molecule has 0 heterocycles. The summed E-state index contributed by atoms with van der Waals surface area (Å²) >= 11 is 10.9. The van der Waals surface area contributed by atoms with Gasteiger partial charge in [0.2, 0.25) is 0 Å². The highest BCUT2D eigenvalue weighted by atomic mass is 35.5. The van der Waals surface area contributed by atoms with E-state index in [0.717, 1.165) is 11.1 Å². The van der Waals surface area contributed by atoms with Crippen molar-refractivity contribution in [3.05, 3.63) is 58.1 Å². The number of carboxylic acids is 1. The molecule has 6 nitrogen and oxygen atoms in total. The summed E-state index contributed by atoms with van der Waals surface area (Å²) in [7, 11) is 0. The lowest BCUT2D eigenvalue weighted by Gasteiger charge is -2.15. The standard InChI is InChI=1S/C20H21ClN2O4S/c1-11(2)14-6-4-12(3)8-17(14)27-10-18(24)23-20(28)22-16-7-5-13(21)9-15(16)19(25)26/h4-9,11H,10H2,1-3H3,(H,25,26)(H2,22,23,24,28). The Morgan fingerprint density at radius 1 is 1.21 bits per heavy atom. The van der Waals surface area contributed by atoms with Crippen LogP contribution in [-0.2, 0) is 4.79 Å². The largest absolute Gasteiger partial charge is 0.483 e. The quantitative estimate of drug-likeness (QED) is 0.602. The molecular weight excluding hydrogens is 400 g/mol. The molecule has 0 atom stereocenters. The molecule has 1 amide bonds. The van der Waals surface area contributed by atoms with Crippen LogP contribution >= 0.6 is 23.8 Å². The number of nitrogens with one attached hydrogen (secondary N) is 2. The Morgan fingerprint density at radius 2 is 1.93 bits per heavy atom. The second-order valence-electron chi connectivity index (χ2n) is 6.48. The number of halogens is 1. The predicted molar refractivity (Wildman–Crippen MR) is 114 cm³/mol. The summed E-state index contributed by atoms with van der Waals surface area (Å²) in [5, 5.41) is 14.7. The maximum atomic E-state index is 12.2. The van der Waals surface area contributed by atoms with E-state index in [1.165, 1.54) is 18.2 Å². The molecule has 148 valence electrons. The molecule has 28 heavy (non-hydrogen) atoms. The average molecular weight is 421 g/mol. The van der Waals surface area contributed by atoms with Crippen LogP contribution in [0, 0.1) is 6.92 Å². The van der Waals surface area contributed by atoms with Gasteiger partial charge in [-0.3, -0.25) is 10.1 Å². The zero-order chi connectivity index (χ0) is 20.8. The molecule has 0 radical (unpaired) electrons. The molecule has 0 unspecified atom stereocenters. The molecule has 8 heteroatoms. The third-order valence-corrected chi connectivity index (χ3v) is 4.30. The Bertz CT molecular complexity index is 915. The minimum absolute atomic E-state index is 0.0354. The maximum absolute atomic E-state index is 12.2. The van der Waals surface area contributed by atoms with Crippen LogP contribution in [-0.4, -0.2) is 28.7 Å². The molecule has 0 saturated carbocycles. The van der Waals surface area contributed by atoms with E-state index >= 15 is 0 Å². The Labute approximate surface area is 173 Å². The number of anilines is 1. The van der Waals surface area contributed by atoms with Crippen LogP contribution < -0.4 is 15.4 Å². The topological polar surface area (TPSA) is 87.7 Å². The molecular formula is C20H21ClN2O4S. The van der Waals surface area contributed by atoms with E-state index in [0.29, 0.717) is 5.75 Å². The van der Waals surface area contributed by atoms with Crippen molar-refractivity contribution in [1.29, 1.82) is 0 Å². The van der Waals surface area contributed by atoms with Crippen molar-refractivity contribution in [2.24, 2.45) is 0 Å². The Balaban J connectivity index is 1.98. The van der Waals surface area contributed by atoms with Gasteiger partial charge in [0.05, 0.1) is 11.3 Å². The smallest absolute Gasteiger partial charge is 0.337 e. The Morgan fingerprint density at radius 3 is 2.57 bits per heavy atom. The van der Waals surface area contributed by atoms with Crippen molar-refractivity contribution >= 4 is 46.5 Å². The number of thiocarbonyl (C=S) groups is 1. The number of benzene rings is 2. The summed E-state index contributed by atoms with van der Waals surface area (Å²) in [5.74, 6) is -0.724. The van der Waals surface area contributed by atoms with Gasteiger partial charge in [0.15, 0.2) is 11.7 Å². The number of hydrogen-bond acceptors (Lipinski definition) is 4. The molecule has 2 rings (SSSR count). The Kier molecular flexibility index (Phi) is 7.37. The van der Waals surface area contributed by atoms with E-state index in [1.807, 2.05) is 39.0 Å². The highest BCUT2D eigenvalue weighted by Crippen LogP contribution is 2.27. The number of aromatic carboxylic acids is 1. The molecule has 0 aliphatic carbocycles. The van der Waals surface area contributed by atoms with Gasteiger partial charge in [0.25, 0.3) is 5.91 Å². The lowest BCUT2D eigenvalue weighted by molar-refractivity contribution is -0.121. The fraction of sp³-hybridized carbons (Fsp3) is 0.250. The highest BCUT2D eigenvalue weighted by Gasteiger charge is 2.14. The van der Waals surface area contributed by atoms with Gasteiger partial charge in [0, 0.05) is 5.02 Å². The number of carbonyl (C=O) groups is 2. The average Bonchev–Trinajstić information content (AvgIpc) is 2.61.